The molecule has 1 amide bonds. The van der Waals surface area contributed by atoms with E-state index in [-0.39, 0.29) is 11.8 Å². The highest BCUT2D eigenvalue weighted by molar-refractivity contribution is 6.33. The number of ether oxygens (including phenoxy) is 2. The molecule has 0 aliphatic rings. The van der Waals surface area contributed by atoms with Crippen molar-refractivity contribution in [1.29, 1.82) is 0 Å². The number of carbonyl (C=O) groups is 2. The third-order valence-electron chi connectivity index (χ3n) is 3.44. The van der Waals surface area contributed by atoms with Crippen molar-refractivity contribution in [1.82, 2.24) is 0 Å². The number of esters is 1. The molecule has 0 heterocycles. The second-order valence-electron chi connectivity index (χ2n) is 6.24. The van der Waals surface area contributed by atoms with Gasteiger partial charge in [-0.3, -0.25) is 4.79 Å². The second kappa shape index (κ2) is 9.25. The Morgan fingerprint density at radius 2 is 1.69 bits per heavy atom. The minimum absolute atomic E-state index is 0.266. The molecule has 1 unspecified atom stereocenters. The molecule has 2 aromatic rings. The fourth-order valence-corrected chi connectivity index (χ4v) is 2.24. The number of hydrogen-bond donors (Lipinski definition) is 1. The van der Waals surface area contributed by atoms with Crippen LogP contribution in [0.4, 0.5) is 5.69 Å². The van der Waals surface area contributed by atoms with Crippen molar-refractivity contribution in [3.63, 3.8) is 0 Å². The first-order chi connectivity index (χ1) is 12.4. The van der Waals surface area contributed by atoms with E-state index in [1.165, 1.54) is 0 Å². The lowest BCUT2D eigenvalue weighted by Gasteiger charge is -2.15. The molecule has 0 bridgehead atoms. The Labute approximate surface area is 158 Å². The summed E-state index contributed by atoms with van der Waals surface area (Å²) in [4.78, 5) is 24.1. The van der Waals surface area contributed by atoms with Gasteiger partial charge in [-0.25, -0.2) is 4.79 Å². The Hall–Kier alpha value is -2.53. The molecule has 0 saturated carbocycles. The Balaban J connectivity index is 1.94. The number of anilines is 1. The van der Waals surface area contributed by atoms with Gasteiger partial charge in [0, 0.05) is 5.56 Å². The van der Waals surface area contributed by atoms with Gasteiger partial charge in [0.2, 0.25) is 0 Å². The van der Waals surface area contributed by atoms with E-state index in [1.54, 1.807) is 55.5 Å². The maximum Gasteiger partial charge on any atom is 0.347 e. The number of hydrogen-bond acceptors (Lipinski definition) is 4. The van der Waals surface area contributed by atoms with Crippen molar-refractivity contribution in [2.75, 3.05) is 11.9 Å². The molecule has 2 rings (SSSR count). The van der Waals surface area contributed by atoms with E-state index in [1.807, 2.05) is 13.8 Å². The molecule has 6 heteroatoms. The molecule has 0 spiro atoms. The van der Waals surface area contributed by atoms with Crippen LogP contribution in [-0.2, 0) is 9.53 Å². The van der Waals surface area contributed by atoms with Gasteiger partial charge < -0.3 is 14.8 Å². The Bertz CT molecular complexity index is 759. The summed E-state index contributed by atoms with van der Waals surface area (Å²) < 4.78 is 10.7. The molecule has 138 valence electrons. The Morgan fingerprint density at radius 3 is 2.31 bits per heavy atom. The Kier molecular flexibility index (Phi) is 7.04. The van der Waals surface area contributed by atoms with Gasteiger partial charge in [0.1, 0.15) is 5.75 Å². The first-order valence-corrected chi connectivity index (χ1v) is 8.74. The van der Waals surface area contributed by atoms with Gasteiger partial charge in [0.15, 0.2) is 6.10 Å². The lowest BCUT2D eigenvalue weighted by atomic mass is 10.2. The SMILES string of the molecule is CC(C)COC(=O)C(C)Oc1ccc(C(=O)Nc2ccccc2Cl)cc1. The summed E-state index contributed by atoms with van der Waals surface area (Å²) in [5.41, 5.74) is 0.994. The minimum atomic E-state index is -0.725. The van der Waals surface area contributed by atoms with Gasteiger partial charge in [-0.2, -0.15) is 0 Å². The van der Waals surface area contributed by atoms with Crippen LogP contribution in [0.2, 0.25) is 5.02 Å². The smallest absolute Gasteiger partial charge is 0.347 e. The lowest BCUT2D eigenvalue weighted by molar-refractivity contribution is -0.152. The molecule has 0 radical (unpaired) electrons. The number of halogens is 1. The molecule has 1 N–H and O–H groups in total. The monoisotopic (exact) mass is 375 g/mol. The van der Waals surface area contributed by atoms with E-state index < -0.39 is 12.1 Å². The van der Waals surface area contributed by atoms with Crippen molar-refractivity contribution in [2.24, 2.45) is 5.92 Å². The van der Waals surface area contributed by atoms with Crippen LogP contribution in [0.3, 0.4) is 0 Å². The van der Waals surface area contributed by atoms with E-state index in [9.17, 15) is 9.59 Å². The number of nitrogens with one attached hydrogen (secondary N) is 1. The van der Waals surface area contributed by atoms with Crippen molar-refractivity contribution in [3.05, 3.63) is 59.1 Å². The van der Waals surface area contributed by atoms with Crippen LogP contribution in [0, 0.1) is 5.92 Å². The number of para-hydroxylation sites is 1. The molecule has 26 heavy (non-hydrogen) atoms. The number of amides is 1. The highest BCUT2D eigenvalue weighted by atomic mass is 35.5. The van der Waals surface area contributed by atoms with E-state index in [0.717, 1.165) is 0 Å². The van der Waals surface area contributed by atoms with Crippen molar-refractivity contribution >= 4 is 29.2 Å². The summed E-state index contributed by atoms with van der Waals surface area (Å²) in [7, 11) is 0. The molecule has 2 aromatic carbocycles. The molecule has 0 aliphatic heterocycles. The second-order valence-corrected chi connectivity index (χ2v) is 6.65. The van der Waals surface area contributed by atoms with Crippen LogP contribution < -0.4 is 10.1 Å². The summed E-state index contributed by atoms with van der Waals surface area (Å²) in [6, 6.07) is 13.5. The van der Waals surface area contributed by atoms with Crippen LogP contribution in [0.1, 0.15) is 31.1 Å². The van der Waals surface area contributed by atoms with Crippen LogP contribution in [0.15, 0.2) is 48.5 Å². The van der Waals surface area contributed by atoms with E-state index >= 15 is 0 Å². The molecule has 0 aromatic heterocycles. The zero-order valence-corrected chi connectivity index (χ0v) is 15.7. The van der Waals surface area contributed by atoms with E-state index in [0.29, 0.717) is 28.6 Å². The highest BCUT2D eigenvalue weighted by Gasteiger charge is 2.17. The normalized spacial score (nSPS) is 11.7. The number of benzene rings is 2. The van der Waals surface area contributed by atoms with Gasteiger partial charge in [0.25, 0.3) is 5.91 Å². The summed E-state index contributed by atoms with van der Waals surface area (Å²) in [5, 5.41) is 3.21. The van der Waals surface area contributed by atoms with E-state index in [4.69, 9.17) is 21.1 Å². The summed E-state index contributed by atoms with van der Waals surface area (Å²) in [5.74, 6) is 0.0450. The molecule has 5 nitrogen and oxygen atoms in total. The van der Waals surface area contributed by atoms with Crippen molar-refractivity contribution in [3.8, 4) is 5.75 Å². The van der Waals surface area contributed by atoms with Crippen LogP contribution in [-0.4, -0.2) is 24.6 Å². The average molecular weight is 376 g/mol. The molecule has 0 fully saturated rings. The van der Waals surface area contributed by atoms with Gasteiger partial charge in [-0.05, 0) is 49.2 Å². The van der Waals surface area contributed by atoms with Crippen molar-refractivity contribution < 1.29 is 19.1 Å². The number of rotatable bonds is 7. The topological polar surface area (TPSA) is 64.6 Å². The van der Waals surface area contributed by atoms with Gasteiger partial charge >= 0.3 is 5.97 Å². The largest absolute Gasteiger partial charge is 0.479 e. The van der Waals surface area contributed by atoms with Gasteiger partial charge in [-0.1, -0.05) is 37.6 Å². The highest BCUT2D eigenvalue weighted by Crippen LogP contribution is 2.22. The molecular weight excluding hydrogens is 354 g/mol. The van der Waals surface area contributed by atoms with Crippen molar-refractivity contribution in [2.45, 2.75) is 26.9 Å². The minimum Gasteiger partial charge on any atom is -0.479 e. The van der Waals surface area contributed by atoms with Crippen LogP contribution in [0.5, 0.6) is 5.75 Å². The summed E-state index contributed by atoms with van der Waals surface area (Å²) >= 11 is 6.03. The third-order valence-corrected chi connectivity index (χ3v) is 3.77. The van der Waals surface area contributed by atoms with Gasteiger partial charge in [-0.15, -0.1) is 0 Å². The lowest BCUT2D eigenvalue weighted by Crippen LogP contribution is -2.27. The fraction of sp³-hybridized carbons (Fsp3) is 0.300. The predicted octanol–water partition coefficient (Wildman–Crippen LogP) is 4.56. The fourth-order valence-electron chi connectivity index (χ4n) is 2.06. The quantitative estimate of drug-likeness (QED) is 0.720. The van der Waals surface area contributed by atoms with Crippen LogP contribution >= 0.6 is 11.6 Å². The predicted molar refractivity (Wildman–Crippen MR) is 102 cm³/mol. The summed E-state index contributed by atoms with van der Waals surface area (Å²) in [6.45, 7) is 5.91. The number of carbonyl (C=O) groups excluding carboxylic acids is 2. The maximum absolute atomic E-state index is 12.3. The molecule has 1 atom stereocenters. The molecular formula is C20H22ClNO4. The summed E-state index contributed by atoms with van der Waals surface area (Å²) in [6.07, 6.45) is -0.725. The Morgan fingerprint density at radius 1 is 1.04 bits per heavy atom. The standard InChI is InChI=1S/C20H22ClNO4/c1-13(2)12-25-20(24)14(3)26-16-10-8-15(9-11-16)19(23)22-18-7-5-4-6-17(18)21/h4-11,13-14H,12H2,1-3H3,(H,22,23). The average Bonchev–Trinajstić information content (AvgIpc) is 2.62. The zero-order chi connectivity index (χ0) is 19.1. The maximum atomic E-state index is 12.3. The van der Waals surface area contributed by atoms with Gasteiger partial charge in [0.05, 0.1) is 17.3 Å². The molecule has 0 aliphatic carbocycles. The third kappa shape index (κ3) is 5.77. The first kappa shape index (κ1) is 19.8. The van der Waals surface area contributed by atoms with Crippen LogP contribution in [0.25, 0.3) is 0 Å². The zero-order valence-electron chi connectivity index (χ0n) is 15.0. The first-order valence-electron chi connectivity index (χ1n) is 8.36. The molecule has 0 saturated heterocycles. The van der Waals surface area contributed by atoms with E-state index in [2.05, 4.69) is 5.32 Å².